The lowest BCUT2D eigenvalue weighted by atomic mass is 9.76. The van der Waals surface area contributed by atoms with Gasteiger partial charge in [-0.3, -0.25) is 0 Å². The van der Waals surface area contributed by atoms with Gasteiger partial charge in [0.2, 0.25) is 0 Å². The molecule has 144 valence electrons. The van der Waals surface area contributed by atoms with E-state index in [-0.39, 0.29) is 11.7 Å². The Morgan fingerprint density at radius 3 is 2.33 bits per heavy atom. The van der Waals surface area contributed by atoms with E-state index in [9.17, 15) is 13.2 Å². The van der Waals surface area contributed by atoms with Crippen LogP contribution in [0.1, 0.15) is 79.5 Å². The summed E-state index contributed by atoms with van der Waals surface area (Å²) in [6, 6.07) is 8.59. The van der Waals surface area contributed by atoms with Crippen molar-refractivity contribution in [2.45, 2.75) is 70.1 Å². The molecule has 2 aromatic rings. The van der Waals surface area contributed by atoms with Gasteiger partial charge in [0.15, 0.2) is 11.6 Å². The Labute approximate surface area is 159 Å². The molecule has 0 spiro atoms. The lowest BCUT2D eigenvalue weighted by Crippen LogP contribution is -2.17. The number of rotatable bonds is 3. The van der Waals surface area contributed by atoms with E-state index in [0.717, 1.165) is 35.4 Å². The van der Waals surface area contributed by atoms with E-state index in [2.05, 4.69) is 13.0 Å². The highest BCUT2D eigenvalue weighted by Gasteiger charge is 2.27. The van der Waals surface area contributed by atoms with Gasteiger partial charge in [0.25, 0.3) is 0 Å². The van der Waals surface area contributed by atoms with E-state index in [1.54, 1.807) is 12.1 Å². The quantitative estimate of drug-likeness (QED) is 0.541. The van der Waals surface area contributed by atoms with Gasteiger partial charge in [0.1, 0.15) is 5.82 Å². The molecule has 0 aliphatic heterocycles. The Hall–Kier alpha value is -1.77. The van der Waals surface area contributed by atoms with Crippen LogP contribution in [0.25, 0.3) is 0 Å². The molecule has 0 saturated heterocycles. The summed E-state index contributed by atoms with van der Waals surface area (Å²) in [5.74, 6) is -0.322. The van der Waals surface area contributed by atoms with Crippen LogP contribution in [0, 0.1) is 23.4 Å². The van der Waals surface area contributed by atoms with Crippen LogP contribution >= 0.6 is 0 Å². The molecule has 0 radical (unpaired) electrons. The number of benzene rings is 2. The standard InChI is InChI=1S/C24H27F3/c1-2-15-3-5-16(6-4-15)17-7-10-20(23(26)14-17)18-8-11-21-19(13-18)9-12-22(25)24(21)27/h7,9-10,12,14-16,18H,2-6,8,11,13H2,1H3. The fraction of sp³-hybridized carbons (Fsp3) is 0.500. The second-order valence-corrected chi connectivity index (χ2v) is 8.35. The van der Waals surface area contributed by atoms with Crippen LogP contribution in [-0.4, -0.2) is 0 Å². The molecule has 0 bridgehead atoms. The third-order valence-electron chi connectivity index (χ3n) is 6.86. The van der Waals surface area contributed by atoms with E-state index >= 15 is 0 Å². The Bertz CT molecular complexity index is 819. The molecule has 2 aliphatic rings. The first-order valence-electron chi connectivity index (χ1n) is 10.3. The van der Waals surface area contributed by atoms with Crippen LogP contribution in [-0.2, 0) is 12.8 Å². The van der Waals surface area contributed by atoms with Crippen molar-refractivity contribution in [2.24, 2.45) is 5.92 Å². The van der Waals surface area contributed by atoms with Crippen molar-refractivity contribution < 1.29 is 13.2 Å². The van der Waals surface area contributed by atoms with Gasteiger partial charge in [-0.15, -0.1) is 0 Å². The van der Waals surface area contributed by atoms with Crippen molar-refractivity contribution in [1.82, 2.24) is 0 Å². The Morgan fingerprint density at radius 2 is 1.63 bits per heavy atom. The Kier molecular flexibility index (Phi) is 5.29. The molecule has 1 unspecified atom stereocenters. The minimum atomic E-state index is -0.791. The van der Waals surface area contributed by atoms with Gasteiger partial charge in [0.05, 0.1) is 0 Å². The largest absolute Gasteiger partial charge is 0.207 e. The second-order valence-electron chi connectivity index (χ2n) is 8.35. The predicted molar refractivity (Wildman–Crippen MR) is 103 cm³/mol. The molecule has 1 fully saturated rings. The summed E-state index contributed by atoms with van der Waals surface area (Å²) < 4.78 is 42.3. The van der Waals surface area contributed by atoms with Crippen LogP contribution in [0.5, 0.6) is 0 Å². The van der Waals surface area contributed by atoms with E-state index in [1.165, 1.54) is 25.3 Å². The van der Waals surface area contributed by atoms with Crippen molar-refractivity contribution in [2.75, 3.05) is 0 Å². The summed E-state index contributed by atoms with van der Waals surface area (Å²) in [4.78, 5) is 0. The summed E-state index contributed by atoms with van der Waals surface area (Å²) in [7, 11) is 0. The highest BCUT2D eigenvalue weighted by molar-refractivity contribution is 5.37. The molecule has 1 saturated carbocycles. The zero-order valence-corrected chi connectivity index (χ0v) is 15.9. The van der Waals surface area contributed by atoms with Gasteiger partial charge in [0, 0.05) is 0 Å². The van der Waals surface area contributed by atoms with Crippen molar-refractivity contribution in [3.8, 4) is 0 Å². The highest BCUT2D eigenvalue weighted by Crippen LogP contribution is 2.39. The van der Waals surface area contributed by atoms with Crippen molar-refractivity contribution in [3.05, 3.63) is 70.0 Å². The fourth-order valence-corrected chi connectivity index (χ4v) is 5.08. The molecule has 0 N–H and O–H groups in total. The molecule has 0 heterocycles. The molecular formula is C24H27F3. The maximum Gasteiger partial charge on any atom is 0.162 e. The average Bonchev–Trinajstić information content (AvgIpc) is 2.70. The zero-order valence-electron chi connectivity index (χ0n) is 15.9. The normalized spacial score (nSPS) is 25.3. The van der Waals surface area contributed by atoms with E-state index in [0.29, 0.717) is 30.7 Å². The van der Waals surface area contributed by atoms with Crippen LogP contribution in [0.15, 0.2) is 30.3 Å². The maximum atomic E-state index is 14.9. The van der Waals surface area contributed by atoms with E-state index in [4.69, 9.17) is 0 Å². The first kappa shape index (κ1) is 18.6. The topological polar surface area (TPSA) is 0 Å². The van der Waals surface area contributed by atoms with Gasteiger partial charge in [-0.1, -0.05) is 31.5 Å². The molecule has 4 rings (SSSR count). The fourth-order valence-electron chi connectivity index (χ4n) is 5.08. The van der Waals surface area contributed by atoms with E-state index < -0.39 is 11.6 Å². The minimum absolute atomic E-state index is 0.0345. The summed E-state index contributed by atoms with van der Waals surface area (Å²) in [6.07, 6.45) is 7.73. The molecule has 1 atom stereocenters. The molecular weight excluding hydrogens is 345 g/mol. The molecule has 3 heteroatoms. The molecule has 0 aromatic heterocycles. The Morgan fingerprint density at radius 1 is 0.852 bits per heavy atom. The highest BCUT2D eigenvalue weighted by atomic mass is 19.2. The summed E-state index contributed by atoms with van der Waals surface area (Å²) >= 11 is 0. The number of halogens is 3. The summed E-state index contributed by atoms with van der Waals surface area (Å²) in [5, 5.41) is 0. The average molecular weight is 372 g/mol. The van der Waals surface area contributed by atoms with Crippen molar-refractivity contribution >= 4 is 0 Å². The number of fused-ring (bicyclic) bond motifs is 1. The summed E-state index contributed by atoms with van der Waals surface area (Å²) in [6.45, 7) is 2.25. The van der Waals surface area contributed by atoms with Crippen LogP contribution in [0.3, 0.4) is 0 Å². The van der Waals surface area contributed by atoms with Crippen molar-refractivity contribution in [3.63, 3.8) is 0 Å². The van der Waals surface area contributed by atoms with Crippen LogP contribution in [0.4, 0.5) is 13.2 Å². The lowest BCUT2D eigenvalue weighted by Gasteiger charge is -2.29. The second kappa shape index (κ2) is 7.69. The zero-order chi connectivity index (χ0) is 19.0. The molecule has 27 heavy (non-hydrogen) atoms. The SMILES string of the molecule is CCC1CCC(c2ccc(C3CCc4c(ccc(F)c4F)C3)c(F)c2)CC1. The monoisotopic (exact) mass is 372 g/mol. The number of hydrogen-bond donors (Lipinski definition) is 0. The molecule has 2 aromatic carbocycles. The smallest absolute Gasteiger partial charge is 0.162 e. The van der Waals surface area contributed by atoms with Gasteiger partial charge in [-0.2, -0.15) is 0 Å². The lowest BCUT2D eigenvalue weighted by molar-refractivity contribution is 0.318. The first-order valence-corrected chi connectivity index (χ1v) is 10.3. The third-order valence-corrected chi connectivity index (χ3v) is 6.86. The first-order chi connectivity index (χ1) is 13.1. The van der Waals surface area contributed by atoms with Gasteiger partial charge < -0.3 is 0 Å². The van der Waals surface area contributed by atoms with E-state index in [1.807, 2.05) is 6.07 Å². The predicted octanol–water partition coefficient (Wildman–Crippen LogP) is 7.06. The van der Waals surface area contributed by atoms with Crippen LogP contribution < -0.4 is 0 Å². The van der Waals surface area contributed by atoms with Gasteiger partial charge in [-0.25, -0.2) is 13.2 Å². The molecule has 0 nitrogen and oxygen atoms in total. The molecule has 2 aliphatic carbocycles. The van der Waals surface area contributed by atoms with Gasteiger partial charge >= 0.3 is 0 Å². The Balaban J connectivity index is 1.51. The van der Waals surface area contributed by atoms with Gasteiger partial charge in [-0.05, 0) is 97.1 Å². The van der Waals surface area contributed by atoms with Crippen molar-refractivity contribution in [1.29, 1.82) is 0 Å². The summed E-state index contributed by atoms with van der Waals surface area (Å²) in [5.41, 5.74) is 3.12. The number of hydrogen-bond acceptors (Lipinski definition) is 0. The third kappa shape index (κ3) is 3.66. The maximum absolute atomic E-state index is 14.9. The molecule has 0 amide bonds. The minimum Gasteiger partial charge on any atom is -0.207 e. The van der Waals surface area contributed by atoms with Crippen LogP contribution in [0.2, 0.25) is 0 Å².